The lowest BCUT2D eigenvalue weighted by molar-refractivity contribution is -0.143. The molecule has 0 saturated heterocycles. The van der Waals surface area contributed by atoms with Gasteiger partial charge in [0.2, 0.25) is 5.91 Å². The van der Waals surface area contributed by atoms with Crippen LogP contribution in [0.3, 0.4) is 0 Å². The van der Waals surface area contributed by atoms with Gasteiger partial charge in [-0.25, -0.2) is 0 Å². The van der Waals surface area contributed by atoms with Gasteiger partial charge in [-0.1, -0.05) is 352 Å². The van der Waals surface area contributed by atoms with Crippen molar-refractivity contribution in [2.45, 2.75) is 424 Å². The van der Waals surface area contributed by atoms with E-state index in [9.17, 15) is 19.8 Å². The van der Waals surface area contributed by atoms with Crippen LogP contribution in [0.25, 0.3) is 0 Å². The molecule has 0 spiro atoms. The van der Waals surface area contributed by atoms with Crippen molar-refractivity contribution in [3.63, 3.8) is 0 Å². The molecule has 82 heavy (non-hydrogen) atoms. The van der Waals surface area contributed by atoms with Crippen molar-refractivity contribution < 1.29 is 24.5 Å². The molecule has 6 nitrogen and oxygen atoms in total. The van der Waals surface area contributed by atoms with Crippen LogP contribution in [-0.4, -0.2) is 47.4 Å². The lowest BCUT2D eigenvalue weighted by Gasteiger charge is -2.20. The van der Waals surface area contributed by atoms with Gasteiger partial charge in [0, 0.05) is 12.8 Å². The number of esters is 1. The number of aliphatic hydroxyl groups is 2. The van der Waals surface area contributed by atoms with Crippen molar-refractivity contribution in [3.05, 3.63) is 36.5 Å². The lowest BCUT2D eigenvalue weighted by atomic mass is 10.0. The normalized spacial score (nSPS) is 12.7. The van der Waals surface area contributed by atoms with Gasteiger partial charge in [0.1, 0.15) is 0 Å². The maximum absolute atomic E-state index is 12.5. The highest BCUT2D eigenvalue weighted by Gasteiger charge is 2.18. The van der Waals surface area contributed by atoms with Crippen LogP contribution >= 0.6 is 0 Å². The Labute approximate surface area is 513 Å². The summed E-state index contributed by atoms with van der Waals surface area (Å²) in [4.78, 5) is 24.6. The Morgan fingerprint density at radius 3 is 0.866 bits per heavy atom. The second-order valence-electron chi connectivity index (χ2n) is 25.6. The summed E-state index contributed by atoms with van der Waals surface area (Å²) in [5.41, 5.74) is 0. The number of ether oxygens (including phenoxy) is 1. The standard InChI is InChI=1S/C76H145NO5/c1-3-5-7-9-11-13-15-17-19-21-33-37-40-44-48-52-56-60-64-68-74(79)73(72-78)77-75(80)69-65-61-57-53-49-45-41-38-34-31-29-27-25-23-22-24-26-28-30-32-35-39-43-47-51-55-59-63-67-71-82-76(81)70-66-62-58-54-50-46-42-36-20-18-16-14-12-10-8-6-4-2/h18,20,22,24,64,68,73-74,78-79H,3-17,19,21,23,25-63,65-67,69-72H2,1-2H3,(H,77,80)/b20-18-,24-22-,68-64+. The maximum atomic E-state index is 12.5. The Hall–Kier alpha value is -1.92. The number of nitrogens with one attached hydrogen (secondary N) is 1. The Bertz CT molecular complexity index is 1330. The van der Waals surface area contributed by atoms with Gasteiger partial charge in [0.15, 0.2) is 0 Å². The molecule has 0 radical (unpaired) electrons. The van der Waals surface area contributed by atoms with Crippen LogP contribution in [0.5, 0.6) is 0 Å². The molecule has 0 aromatic heterocycles. The molecule has 484 valence electrons. The summed E-state index contributed by atoms with van der Waals surface area (Å²) < 4.78 is 5.50. The molecule has 2 atom stereocenters. The van der Waals surface area contributed by atoms with Crippen molar-refractivity contribution in [2.75, 3.05) is 13.2 Å². The van der Waals surface area contributed by atoms with Crippen LogP contribution in [-0.2, 0) is 14.3 Å². The number of unbranched alkanes of at least 4 members (excludes halogenated alkanes) is 55. The highest BCUT2D eigenvalue weighted by atomic mass is 16.5. The van der Waals surface area contributed by atoms with Gasteiger partial charge in [-0.2, -0.15) is 0 Å². The van der Waals surface area contributed by atoms with Gasteiger partial charge >= 0.3 is 5.97 Å². The van der Waals surface area contributed by atoms with Crippen LogP contribution in [0.4, 0.5) is 0 Å². The Morgan fingerprint density at radius 2 is 0.573 bits per heavy atom. The lowest BCUT2D eigenvalue weighted by Crippen LogP contribution is -2.45. The first-order valence-corrected chi connectivity index (χ1v) is 37.3. The molecule has 1 amide bonds. The Kier molecular flexibility index (Phi) is 69.9. The molecule has 0 aliphatic heterocycles. The summed E-state index contributed by atoms with van der Waals surface area (Å²) in [7, 11) is 0. The van der Waals surface area contributed by atoms with E-state index in [1.165, 1.54) is 340 Å². The molecule has 0 saturated carbocycles. The van der Waals surface area contributed by atoms with Gasteiger partial charge in [-0.3, -0.25) is 9.59 Å². The van der Waals surface area contributed by atoms with Crippen LogP contribution in [0.2, 0.25) is 0 Å². The number of carbonyl (C=O) groups is 2. The number of carbonyl (C=O) groups excluding carboxylic acids is 2. The SMILES string of the molecule is CCCCCCCC/C=C\CCCCCCCCCC(=O)OCCCCCCCCCCCCCC/C=C\CCCCCCCCCCCCCCCC(=O)NC(CO)C(O)/C=C/CCCCCCCCCCCCCCCCCCC. The van der Waals surface area contributed by atoms with Gasteiger partial charge in [-0.05, 0) is 83.5 Å². The first kappa shape index (κ1) is 80.1. The highest BCUT2D eigenvalue weighted by Crippen LogP contribution is 2.19. The average Bonchev–Trinajstić information content (AvgIpc) is 3.48. The van der Waals surface area contributed by atoms with Crippen molar-refractivity contribution in [1.82, 2.24) is 5.32 Å². The van der Waals surface area contributed by atoms with Gasteiger partial charge in [0.25, 0.3) is 0 Å². The van der Waals surface area contributed by atoms with Crippen LogP contribution in [0.1, 0.15) is 412 Å². The molecule has 0 fully saturated rings. The summed E-state index contributed by atoms with van der Waals surface area (Å²) in [5, 5.41) is 23.2. The summed E-state index contributed by atoms with van der Waals surface area (Å²) in [6.07, 6.45) is 92.4. The molecular formula is C76H145NO5. The van der Waals surface area contributed by atoms with Crippen molar-refractivity contribution >= 4 is 11.9 Å². The van der Waals surface area contributed by atoms with Crippen LogP contribution in [0, 0.1) is 0 Å². The third-order valence-corrected chi connectivity index (χ3v) is 17.4. The van der Waals surface area contributed by atoms with E-state index in [1.807, 2.05) is 6.08 Å². The topological polar surface area (TPSA) is 95.9 Å². The number of allylic oxidation sites excluding steroid dienone is 5. The molecule has 3 N–H and O–H groups in total. The number of hydrogen-bond acceptors (Lipinski definition) is 5. The zero-order valence-corrected chi connectivity index (χ0v) is 55.5. The fourth-order valence-corrected chi connectivity index (χ4v) is 11.7. The molecule has 0 aromatic carbocycles. The highest BCUT2D eigenvalue weighted by molar-refractivity contribution is 5.76. The van der Waals surface area contributed by atoms with Crippen molar-refractivity contribution in [3.8, 4) is 0 Å². The van der Waals surface area contributed by atoms with E-state index in [0.717, 1.165) is 44.9 Å². The number of hydrogen-bond donors (Lipinski definition) is 3. The van der Waals surface area contributed by atoms with Crippen molar-refractivity contribution in [1.29, 1.82) is 0 Å². The first-order valence-electron chi connectivity index (χ1n) is 37.3. The fourth-order valence-electron chi connectivity index (χ4n) is 11.7. The minimum atomic E-state index is -0.845. The monoisotopic (exact) mass is 1150 g/mol. The summed E-state index contributed by atoms with van der Waals surface area (Å²) in [5.74, 6) is -0.0502. The van der Waals surface area contributed by atoms with Crippen LogP contribution < -0.4 is 5.32 Å². The minimum Gasteiger partial charge on any atom is -0.466 e. The maximum Gasteiger partial charge on any atom is 0.305 e. The third-order valence-electron chi connectivity index (χ3n) is 17.4. The van der Waals surface area contributed by atoms with Gasteiger partial charge in [0.05, 0.1) is 25.4 Å². The third kappa shape index (κ3) is 67.2. The van der Waals surface area contributed by atoms with E-state index in [4.69, 9.17) is 4.74 Å². The number of rotatable bonds is 70. The smallest absolute Gasteiger partial charge is 0.305 e. The quantitative estimate of drug-likeness (QED) is 0.0320. The summed E-state index contributed by atoms with van der Waals surface area (Å²) in [6.45, 7) is 4.94. The second kappa shape index (κ2) is 71.6. The zero-order valence-electron chi connectivity index (χ0n) is 55.5. The zero-order chi connectivity index (χ0) is 59.2. The second-order valence-corrected chi connectivity index (χ2v) is 25.6. The Morgan fingerprint density at radius 1 is 0.329 bits per heavy atom. The molecule has 0 aliphatic rings. The van der Waals surface area contributed by atoms with E-state index in [1.54, 1.807) is 6.08 Å². The van der Waals surface area contributed by atoms with Crippen LogP contribution in [0.15, 0.2) is 36.5 Å². The first-order chi connectivity index (χ1) is 40.5. The number of amides is 1. The number of aliphatic hydroxyl groups excluding tert-OH is 2. The van der Waals surface area contributed by atoms with E-state index >= 15 is 0 Å². The predicted octanol–water partition coefficient (Wildman–Crippen LogP) is 24.3. The summed E-state index contributed by atoms with van der Waals surface area (Å²) in [6, 6.07) is -0.628. The van der Waals surface area contributed by atoms with Crippen molar-refractivity contribution in [2.24, 2.45) is 0 Å². The van der Waals surface area contributed by atoms with E-state index < -0.39 is 12.1 Å². The molecule has 2 unspecified atom stereocenters. The molecule has 0 bridgehead atoms. The average molecular weight is 1150 g/mol. The predicted molar refractivity (Wildman–Crippen MR) is 361 cm³/mol. The van der Waals surface area contributed by atoms with Gasteiger partial charge in [-0.15, -0.1) is 0 Å². The van der Waals surface area contributed by atoms with E-state index in [2.05, 4.69) is 43.5 Å². The molecule has 0 rings (SSSR count). The van der Waals surface area contributed by atoms with E-state index in [-0.39, 0.29) is 18.5 Å². The molecule has 0 aromatic rings. The molecular weight excluding hydrogens is 1010 g/mol. The molecule has 0 heterocycles. The minimum absolute atomic E-state index is 0.0134. The largest absolute Gasteiger partial charge is 0.466 e. The van der Waals surface area contributed by atoms with Gasteiger partial charge < -0.3 is 20.3 Å². The summed E-state index contributed by atoms with van der Waals surface area (Å²) >= 11 is 0. The Balaban J connectivity index is 3.39. The molecule has 0 aliphatic carbocycles. The fraction of sp³-hybridized carbons (Fsp3) is 0.895. The van der Waals surface area contributed by atoms with E-state index in [0.29, 0.717) is 19.4 Å². The molecule has 6 heteroatoms.